The summed E-state index contributed by atoms with van der Waals surface area (Å²) in [5, 5.41) is 3.44. The van der Waals surface area contributed by atoms with Crippen molar-refractivity contribution in [3.8, 4) is 0 Å². The molecule has 0 unspecified atom stereocenters. The van der Waals surface area contributed by atoms with Crippen LogP contribution >= 0.6 is 0 Å². The third kappa shape index (κ3) is 3.07. The Morgan fingerprint density at radius 1 is 1.35 bits per heavy atom. The smallest absolute Gasteiger partial charge is 0.109 e. The molecule has 1 N–H and O–H groups in total. The molecule has 2 aliphatic rings. The molecule has 1 aromatic heterocycles. The van der Waals surface area contributed by atoms with E-state index in [1.807, 2.05) is 0 Å². The van der Waals surface area contributed by atoms with Crippen molar-refractivity contribution in [1.82, 2.24) is 14.9 Å². The molecule has 3 heterocycles. The van der Waals surface area contributed by atoms with Gasteiger partial charge < -0.3 is 14.6 Å². The number of hydrogen-bond acceptors (Lipinski definition) is 3. The molecule has 0 aromatic carbocycles. The van der Waals surface area contributed by atoms with Crippen LogP contribution in [0.15, 0.2) is 0 Å². The molecule has 1 fully saturated rings. The van der Waals surface area contributed by atoms with Crippen molar-refractivity contribution in [3.05, 3.63) is 17.2 Å². The van der Waals surface area contributed by atoms with Crippen molar-refractivity contribution in [2.75, 3.05) is 19.8 Å². The SMILES string of the molecule is CC(C)Cc1nc2c(n1CC1CCOCC1)CCNC2. The van der Waals surface area contributed by atoms with E-state index in [1.165, 1.54) is 30.1 Å². The third-order valence-corrected chi connectivity index (χ3v) is 4.44. The van der Waals surface area contributed by atoms with Gasteiger partial charge in [-0.3, -0.25) is 0 Å². The lowest BCUT2D eigenvalue weighted by atomic mass is 9.99. The normalized spacial score (nSPS) is 20.4. The molecule has 4 nitrogen and oxygen atoms in total. The minimum atomic E-state index is 0.667. The standard InChI is InChI=1S/C16H27N3O/c1-12(2)9-16-18-14-10-17-6-3-15(14)19(16)11-13-4-7-20-8-5-13/h12-13,17H,3-11H2,1-2H3. The molecule has 0 bridgehead atoms. The summed E-state index contributed by atoms with van der Waals surface area (Å²) < 4.78 is 8.04. The molecule has 1 saturated heterocycles. The molecule has 112 valence electrons. The lowest BCUT2D eigenvalue weighted by Crippen LogP contribution is -2.27. The van der Waals surface area contributed by atoms with Gasteiger partial charge in [0.15, 0.2) is 0 Å². The lowest BCUT2D eigenvalue weighted by Gasteiger charge is -2.25. The first kappa shape index (κ1) is 14.1. The predicted octanol–water partition coefficient (Wildman–Crippen LogP) is 2.15. The number of nitrogens with zero attached hydrogens (tertiary/aromatic N) is 2. The minimum absolute atomic E-state index is 0.667. The Kier molecular flexibility index (Phi) is 4.41. The Hall–Kier alpha value is -0.870. The molecule has 20 heavy (non-hydrogen) atoms. The highest BCUT2D eigenvalue weighted by Gasteiger charge is 2.23. The van der Waals surface area contributed by atoms with Crippen molar-refractivity contribution < 1.29 is 4.74 Å². The quantitative estimate of drug-likeness (QED) is 0.916. The predicted molar refractivity (Wildman–Crippen MR) is 79.7 cm³/mol. The highest BCUT2D eigenvalue weighted by atomic mass is 16.5. The van der Waals surface area contributed by atoms with E-state index in [2.05, 4.69) is 23.7 Å². The molecular weight excluding hydrogens is 250 g/mol. The van der Waals surface area contributed by atoms with Crippen LogP contribution in [0.4, 0.5) is 0 Å². The maximum absolute atomic E-state index is 5.49. The highest BCUT2D eigenvalue weighted by Crippen LogP contribution is 2.23. The average Bonchev–Trinajstić information content (AvgIpc) is 2.77. The second-order valence-corrected chi connectivity index (χ2v) is 6.61. The van der Waals surface area contributed by atoms with E-state index in [0.717, 1.165) is 51.6 Å². The Balaban J connectivity index is 1.83. The molecule has 0 amide bonds. The van der Waals surface area contributed by atoms with Crippen LogP contribution in [0.3, 0.4) is 0 Å². The van der Waals surface area contributed by atoms with Gasteiger partial charge in [0.2, 0.25) is 0 Å². The number of rotatable bonds is 4. The van der Waals surface area contributed by atoms with E-state index in [9.17, 15) is 0 Å². The molecular formula is C16H27N3O. The zero-order chi connectivity index (χ0) is 13.9. The first-order chi connectivity index (χ1) is 9.74. The van der Waals surface area contributed by atoms with Crippen LogP contribution in [-0.2, 0) is 30.7 Å². The van der Waals surface area contributed by atoms with Crippen LogP contribution in [-0.4, -0.2) is 29.3 Å². The third-order valence-electron chi connectivity index (χ3n) is 4.44. The number of hydrogen-bond donors (Lipinski definition) is 1. The summed E-state index contributed by atoms with van der Waals surface area (Å²) in [7, 11) is 0. The fourth-order valence-corrected chi connectivity index (χ4v) is 3.35. The monoisotopic (exact) mass is 277 g/mol. The number of ether oxygens (including phenoxy) is 1. The topological polar surface area (TPSA) is 39.1 Å². The van der Waals surface area contributed by atoms with E-state index in [1.54, 1.807) is 0 Å². The summed E-state index contributed by atoms with van der Waals surface area (Å²) in [5.41, 5.74) is 2.78. The van der Waals surface area contributed by atoms with E-state index in [0.29, 0.717) is 5.92 Å². The largest absolute Gasteiger partial charge is 0.381 e. The number of fused-ring (bicyclic) bond motifs is 1. The van der Waals surface area contributed by atoms with Crippen molar-refractivity contribution in [2.24, 2.45) is 11.8 Å². The van der Waals surface area contributed by atoms with Crippen molar-refractivity contribution in [2.45, 2.75) is 52.6 Å². The number of imidazole rings is 1. The van der Waals surface area contributed by atoms with Crippen LogP contribution < -0.4 is 5.32 Å². The lowest BCUT2D eigenvalue weighted by molar-refractivity contribution is 0.0607. The van der Waals surface area contributed by atoms with Crippen molar-refractivity contribution in [1.29, 1.82) is 0 Å². The number of nitrogens with one attached hydrogen (secondary N) is 1. The van der Waals surface area contributed by atoms with Crippen LogP contribution in [0.25, 0.3) is 0 Å². The van der Waals surface area contributed by atoms with Crippen LogP contribution in [0, 0.1) is 11.8 Å². The summed E-state index contributed by atoms with van der Waals surface area (Å²) in [6, 6.07) is 0. The molecule has 0 aliphatic carbocycles. The van der Waals surface area contributed by atoms with Gasteiger partial charge in [0.25, 0.3) is 0 Å². The van der Waals surface area contributed by atoms with Gasteiger partial charge in [-0.2, -0.15) is 0 Å². The molecule has 0 spiro atoms. The average molecular weight is 277 g/mol. The van der Waals surface area contributed by atoms with E-state index in [4.69, 9.17) is 9.72 Å². The van der Waals surface area contributed by atoms with Crippen LogP contribution in [0.2, 0.25) is 0 Å². The molecule has 0 atom stereocenters. The highest BCUT2D eigenvalue weighted by molar-refractivity contribution is 5.20. The van der Waals surface area contributed by atoms with E-state index < -0.39 is 0 Å². The maximum Gasteiger partial charge on any atom is 0.109 e. The molecule has 0 radical (unpaired) electrons. The Labute approximate surface area is 121 Å². The summed E-state index contributed by atoms with van der Waals surface area (Å²) in [6.45, 7) is 9.61. The first-order valence-corrected chi connectivity index (χ1v) is 8.09. The van der Waals surface area contributed by atoms with E-state index >= 15 is 0 Å². The Morgan fingerprint density at radius 2 is 2.15 bits per heavy atom. The summed E-state index contributed by atoms with van der Waals surface area (Å²) in [4.78, 5) is 4.93. The Morgan fingerprint density at radius 3 is 2.90 bits per heavy atom. The second kappa shape index (κ2) is 6.27. The van der Waals surface area contributed by atoms with Gasteiger partial charge in [-0.1, -0.05) is 13.8 Å². The minimum Gasteiger partial charge on any atom is -0.381 e. The maximum atomic E-state index is 5.49. The Bertz CT molecular complexity index is 447. The van der Waals surface area contributed by atoms with Crippen molar-refractivity contribution >= 4 is 0 Å². The molecule has 2 aliphatic heterocycles. The second-order valence-electron chi connectivity index (χ2n) is 6.61. The zero-order valence-electron chi connectivity index (χ0n) is 12.8. The molecule has 3 rings (SSSR count). The van der Waals surface area contributed by atoms with Gasteiger partial charge in [-0.05, 0) is 24.7 Å². The molecule has 0 saturated carbocycles. The van der Waals surface area contributed by atoms with Gasteiger partial charge >= 0.3 is 0 Å². The van der Waals surface area contributed by atoms with Gasteiger partial charge in [0, 0.05) is 51.4 Å². The van der Waals surface area contributed by atoms with E-state index in [-0.39, 0.29) is 0 Å². The fourth-order valence-electron chi connectivity index (χ4n) is 3.35. The fraction of sp³-hybridized carbons (Fsp3) is 0.812. The van der Waals surface area contributed by atoms with Gasteiger partial charge in [0.1, 0.15) is 5.82 Å². The van der Waals surface area contributed by atoms with Gasteiger partial charge in [-0.25, -0.2) is 4.98 Å². The van der Waals surface area contributed by atoms with Gasteiger partial charge in [0.05, 0.1) is 5.69 Å². The molecule has 4 heteroatoms. The summed E-state index contributed by atoms with van der Waals surface area (Å²) in [6.07, 6.45) is 4.62. The van der Waals surface area contributed by atoms with Gasteiger partial charge in [-0.15, -0.1) is 0 Å². The first-order valence-electron chi connectivity index (χ1n) is 8.09. The number of aromatic nitrogens is 2. The van der Waals surface area contributed by atoms with Crippen molar-refractivity contribution in [3.63, 3.8) is 0 Å². The summed E-state index contributed by atoms with van der Waals surface area (Å²) in [5.74, 6) is 2.74. The van der Waals surface area contributed by atoms with Crippen LogP contribution in [0.1, 0.15) is 43.9 Å². The van der Waals surface area contributed by atoms with Crippen LogP contribution in [0.5, 0.6) is 0 Å². The zero-order valence-corrected chi connectivity index (χ0v) is 12.8. The molecule has 1 aromatic rings. The summed E-state index contributed by atoms with van der Waals surface area (Å²) >= 11 is 0.